The number of benzene rings is 2. The molecule has 0 saturated carbocycles. The molecule has 0 aliphatic carbocycles. The third kappa shape index (κ3) is 3.52. The largest absolute Gasteiger partial charge is 0.364 e. The molecule has 0 aliphatic rings. The first kappa shape index (κ1) is 12.0. The maximum absolute atomic E-state index is 11.5. The monoisotopic (exact) mass is 239 g/mol. The number of carbonyl (C=O) groups is 1. The number of nitrogens with zero attached hydrogens (tertiary/aromatic N) is 2. The van der Waals surface area contributed by atoms with Crippen molar-refractivity contribution >= 4 is 17.4 Å². The molecule has 0 aliphatic heterocycles. The van der Waals surface area contributed by atoms with E-state index in [4.69, 9.17) is 0 Å². The topological polar surface area (TPSA) is 53.8 Å². The Morgan fingerprint density at radius 1 is 1.00 bits per heavy atom. The van der Waals surface area contributed by atoms with Gasteiger partial charge in [-0.3, -0.25) is 0 Å². The molecule has 4 nitrogen and oxygen atoms in total. The second-order valence-corrected chi connectivity index (χ2v) is 3.83. The van der Waals surface area contributed by atoms with Crippen molar-refractivity contribution in [2.75, 3.05) is 5.32 Å². The van der Waals surface area contributed by atoms with Gasteiger partial charge in [0.05, 0.1) is 5.69 Å². The predicted molar refractivity (Wildman–Crippen MR) is 71.2 cm³/mol. The normalized spacial score (nSPS) is 10.5. The highest BCUT2D eigenvalue weighted by molar-refractivity contribution is 5.89. The van der Waals surface area contributed by atoms with E-state index in [9.17, 15) is 4.79 Å². The molecule has 0 aromatic heterocycles. The van der Waals surface area contributed by atoms with E-state index in [-0.39, 0.29) is 0 Å². The maximum atomic E-state index is 11.5. The molecule has 2 rings (SSSR count). The van der Waals surface area contributed by atoms with Gasteiger partial charge in [-0.05, 0) is 31.2 Å². The highest BCUT2D eigenvalue weighted by Crippen LogP contribution is 2.12. The lowest BCUT2D eigenvalue weighted by atomic mass is 10.2. The van der Waals surface area contributed by atoms with E-state index in [1.807, 2.05) is 49.4 Å². The van der Waals surface area contributed by atoms with Crippen molar-refractivity contribution in [3.8, 4) is 0 Å². The van der Waals surface area contributed by atoms with Crippen LogP contribution in [0, 0.1) is 6.92 Å². The second-order valence-electron chi connectivity index (χ2n) is 3.83. The molecule has 0 spiro atoms. The van der Waals surface area contributed by atoms with Crippen molar-refractivity contribution in [1.82, 2.24) is 0 Å². The minimum atomic E-state index is -0.484. The fraction of sp³-hybridized carbons (Fsp3) is 0.0714. The van der Waals surface area contributed by atoms with Gasteiger partial charge in [-0.25, -0.2) is 4.79 Å². The van der Waals surface area contributed by atoms with Crippen molar-refractivity contribution < 1.29 is 4.79 Å². The number of carbonyl (C=O) groups excluding carboxylic acids is 1. The molecular weight excluding hydrogens is 226 g/mol. The van der Waals surface area contributed by atoms with Crippen molar-refractivity contribution in [3.63, 3.8) is 0 Å². The summed E-state index contributed by atoms with van der Waals surface area (Å²) in [6.45, 7) is 1.99. The number of urea groups is 1. The number of azo groups is 1. The zero-order valence-corrected chi connectivity index (χ0v) is 10.00. The molecular formula is C14H13N3O. The summed E-state index contributed by atoms with van der Waals surface area (Å²) in [6, 6.07) is 16.1. The fourth-order valence-electron chi connectivity index (χ4n) is 1.38. The number of hydrogen-bond acceptors (Lipinski definition) is 2. The fourth-order valence-corrected chi connectivity index (χ4v) is 1.38. The van der Waals surface area contributed by atoms with Crippen LogP contribution in [-0.2, 0) is 0 Å². The van der Waals surface area contributed by atoms with E-state index in [2.05, 4.69) is 15.5 Å². The Morgan fingerprint density at radius 3 is 2.33 bits per heavy atom. The number of nitrogens with one attached hydrogen (secondary N) is 1. The Morgan fingerprint density at radius 2 is 1.67 bits per heavy atom. The molecule has 0 bridgehead atoms. The Labute approximate surface area is 105 Å². The summed E-state index contributed by atoms with van der Waals surface area (Å²) in [4.78, 5) is 11.5. The van der Waals surface area contributed by atoms with E-state index in [0.717, 1.165) is 5.56 Å². The van der Waals surface area contributed by atoms with Crippen LogP contribution in [0.2, 0.25) is 0 Å². The van der Waals surface area contributed by atoms with E-state index in [1.165, 1.54) is 0 Å². The zero-order chi connectivity index (χ0) is 12.8. The minimum absolute atomic E-state index is 0.484. The molecule has 18 heavy (non-hydrogen) atoms. The van der Waals surface area contributed by atoms with Gasteiger partial charge in [-0.2, -0.15) is 0 Å². The van der Waals surface area contributed by atoms with Crippen LogP contribution in [0.25, 0.3) is 0 Å². The Bertz CT molecular complexity index is 547. The first-order chi connectivity index (χ1) is 8.74. The van der Waals surface area contributed by atoms with Gasteiger partial charge in [-0.15, -0.1) is 5.11 Å². The highest BCUT2D eigenvalue weighted by Gasteiger charge is 1.99. The number of rotatable bonds is 2. The molecule has 1 N–H and O–H groups in total. The van der Waals surface area contributed by atoms with E-state index in [1.54, 1.807) is 12.1 Å². The third-order valence-electron chi connectivity index (χ3n) is 2.32. The SMILES string of the molecule is Cc1ccc(NC(=O)N=Nc2ccccc2)cc1. The zero-order valence-electron chi connectivity index (χ0n) is 10.00. The standard InChI is InChI=1S/C14H13N3O/c1-11-7-9-12(10-8-11)15-14(18)17-16-13-5-3-2-4-6-13/h2-10H,1H3,(H,15,18). The van der Waals surface area contributed by atoms with E-state index < -0.39 is 6.03 Å². The van der Waals surface area contributed by atoms with Gasteiger partial charge in [0.1, 0.15) is 0 Å². The van der Waals surface area contributed by atoms with Gasteiger partial charge in [0.25, 0.3) is 0 Å². The number of amides is 2. The Kier molecular flexibility index (Phi) is 3.81. The third-order valence-corrected chi connectivity index (χ3v) is 2.32. The van der Waals surface area contributed by atoms with Crippen LogP contribution in [0.3, 0.4) is 0 Å². The van der Waals surface area contributed by atoms with Gasteiger partial charge in [-0.1, -0.05) is 41.0 Å². The highest BCUT2D eigenvalue weighted by atomic mass is 16.2. The summed E-state index contributed by atoms with van der Waals surface area (Å²) < 4.78 is 0. The first-order valence-electron chi connectivity index (χ1n) is 5.58. The lowest BCUT2D eigenvalue weighted by Gasteiger charge is -2.00. The molecule has 0 radical (unpaired) electrons. The van der Waals surface area contributed by atoms with Crippen LogP contribution < -0.4 is 5.32 Å². The quantitative estimate of drug-likeness (QED) is 0.780. The minimum Gasteiger partial charge on any atom is -0.305 e. The maximum Gasteiger partial charge on any atom is 0.364 e. The molecule has 90 valence electrons. The van der Waals surface area contributed by atoms with Gasteiger partial charge < -0.3 is 5.32 Å². The Balaban J connectivity index is 1.97. The summed E-state index contributed by atoms with van der Waals surface area (Å²) in [5, 5.41) is 10.1. The molecule has 0 heterocycles. The average molecular weight is 239 g/mol. The lowest BCUT2D eigenvalue weighted by molar-refractivity contribution is 0.258. The van der Waals surface area contributed by atoms with Crippen LogP contribution in [0.15, 0.2) is 64.8 Å². The lowest BCUT2D eigenvalue weighted by Crippen LogP contribution is -2.04. The molecule has 0 saturated heterocycles. The van der Waals surface area contributed by atoms with Crippen LogP contribution >= 0.6 is 0 Å². The van der Waals surface area contributed by atoms with E-state index in [0.29, 0.717) is 11.4 Å². The van der Waals surface area contributed by atoms with Crippen LogP contribution in [0.1, 0.15) is 5.56 Å². The molecule has 0 atom stereocenters. The van der Waals surface area contributed by atoms with Crippen LogP contribution in [-0.4, -0.2) is 6.03 Å². The van der Waals surface area contributed by atoms with Crippen LogP contribution in [0.4, 0.5) is 16.2 Å². The predicted octanol–water partition coefficient (Wildman–Crippen LogP) is 4.31. The molecule has 0 unspecified atom stereocenters. The van der Waals surface area contributed by atoms with Crippen molar-refractivity contribution in [2.45, 2.75) is 6.92 Å². The Hall–Kier alpha value is -2.49. The van der Waals surface area contributed by atoms with Gasteiger partial charge in [0.2, 0.25) is 0 Å². The molecule has 4 heteroatoms. The van der Waals surface area contributed by atoms with Gasteiger partial charge >= 0.3 is 6.03 Å². The number of anilines is 1. The average Bonchev–Trinajstić information content (AvgIpc) is 2.40. The van der Waals surface area contributed by atoms with Crippen molar-refractivity contribution in [1.29, 1.82) is 0 Å². The van der Waals surface area contributed by atoms with Gasteiger partial charge in [0, 0.05) is 5.69 Å². The summed E-state index contributed by atoms with van der Waals surface area (Å²) in [5.74, 6) is 0. The van der Waals surface area contributed by atoms with E-state index >= 15 is 0 Å². The summed E-state index contributed by atoms with van der Waals surface area (Å²) in [7, 11) is 0. The summed E-state index contributed by atoms with van der Waals surface area (Å²) in [5.41, 5.74) is 2.49. The van der Waals surface area contributed by atoms with Gasteiger partial charge in [0.15, 0.2) is 0 Å². The summed E-state index contributed by atoms with van der Waals surface area (Å²) in [6.07, 6.45) is 0. The molecule has 2 aromatic rings. The smallest absolute Gasteiger partial charge is 0.305 e. The first-order valence-corrected chi connectivity index (χ1v) is 5.58. The van der Waals surface area contributed by atoms with Crippen LogP contribution in [0.5, 0.6) is 0 Å². The summed E-state index contributed by atoms with van der Waals surface area (Å²) >= 11 is 0. The molecule has 0 fully saturated rings. The number of hydrogen-bond donors (Lipinski definition) is 1. The molecule has 2 amide bonds. The second kappa shape index (κ2) is 5.72. The molecule has 2 aromatic carbocycles. The number of aryl methyl sites for hydroxylation is 1. The van der Waals surface area contributed by atoms with Crippen molar-refractivity contribution in [3.05, 3.63) is 60.2 Å². The van der Waals surface area contributed by atoms with Crippen molar-refractivity contribution in [2.24, 2.45) is 10.2 Å².